The van der Waals surface area contributed by atoms with Crippen LogP contribution in [0.3, 0.4) is 0 Å². The van der Waals surface area contributed by atoms with Crippen LogP contribution in [0.4, 0.5) is 4.39 Å². The van der Waals surface area contributed by atoms with Gasteiger partial charge in [0.2, 0.25) is 0 Å². The number of nitrogens with zero attached hydrogens (tertiary/aromatic N) is 1. The van der Waals surface area contributed by atoms with Crippen LogP contribution in [0.5, 0.6) is 0 Å². The first-order valence-corrected chi connectivity index (χ1v) is 4.55. The second-order valence-electron chi connectivity index (χ2n) is 2.92. The van der Waals surface area contributed by atoms with E-state index in [1.54, 1.807) is 13.0 Å². The standard InChI is InChI=1S/C10H8ClFN2O/c1-6-4-8(11)7(5-9(6)12)10(15)14-3-2-13/h4-5H,3H2,1H3,(H,14,15). The summed E-state index contributed by atoms with van der Waals surface area (Å²) in [6.45, 7) is 1.42. The predicted octanol–water partition coefficient (Wildman–Crippen LogP) is 2.04. The summed E-state index contributed by atoms with van der Waals surface area (Å²) in [5, 5.41) is 10.7. The largest absolute Gasteiger partial charge is 0.339 e. The number of hydrogen-bond acceptors (Lipinski definition) is 2. The number of aryl methyl sites for hydroxylation is 1. The minimum Gasteiger partial charge on any atom is -0.339 e. The quantitative estimate of drug-likeness (QED) is 0.785. The van der Waals surface area contributed by atoms with Crippen molar-refractivity contribution in [3.8, 4) is 6.07 Å². The van der Waals surface area contributed by atoms with Gasteiger partial charge in [-0.1, -0.05) is 11.6 Å². The summed E-state index contributed by atoms with van der Waals surface area (Å²) in [4.78, 5) is 11.4. The highest BCUT2D eigenvalue weighted by atomic mass is 35.5. The molecule has 0 atom stereocenters. The van der Waals surface area contributed by atoms with Gasteiger partial charge in [-0.3, -0.25) is 4.79 Å². The van der Waals surface area contributed by atoms with Crippen molar-refractivity contribution in [2.75, 3.05) is 6.54 Å². The number of amides is 1. The molecule has 1 aromatic carbocycles. The van der Waals surface area contributed by atoms with Crippen molar-refractivity contribution in [1.29, 1.82) is 5.26 Å². The van der Waals surface area contributed by atoms with Gasteiger partial charge < -0.3 is 5.32 Å². The summed E-state index contributed by atoms with van der Waals surface area (Å²) < 4.78 is 13.1. The maximum absolute atomic E-state index is 13.1. The van der Waals surface area contributed by atoms with E-state index < -0.39 is 11.7 Å². The fraction of sp³-hybridized carbons (Fsp3) is 0.200. The third-order valence-electron chi connectivity index (χ3n) is 1.82. The van der Waals surface area contributed by atoms with Gasteiger partial charge >= 0.3 is 0 Å². The van der Waals surface area contributed by atoms with Crippen LogP contribution in [-0.4, -0.2) is 12.5 Å². The van der Waals surface area contributed by atoms with E-state index in [2.05, 4.69) is 5.32 Å². The van der Waals surface area contributed by atoms with Gasteiger partial charge in [-0.05, 0) is 24.6 Å². The summed E-state index contributed by atoms with van der Waals surface area (Å²) in [5.41, 5.74) is 0.409. The highest BCUT2D eigenvalue weighted by molar-refractivity contribution is 6.33. The fourth-order valence-corrected chi connectivity index (χ4v) is 1.34. The maximum atomic E-state index is 13.1. The van der Waals surface area contributed by atoms with E-state index in [9.17, 15) is 9.18 Å². The Hall–Kier alpha value is -1.60. The monoisotopic (exact) mass is 226 g/mol. The number of rotatable bonds is 2. The molecule has 0 saturated heterocycles. The predicted molar refractivity (Wildman–Crippen MR) is 54.1 cm³/mol. The van der Waals surface area contributed by atoms with Gasteiger partial charge in [0.15, 0.2) is 0 Å². The normalized spacial score (nSPS) is 9.47. The number of nitriles is 1. The minimum absolute atomic E-state index is 0.0371. The molecule has 0 heterocycles. The average molecular weight is 227 g/mol. The van der Waals surface area contributed by atoms with E-state index in [0.29, 0.717) is 5.56 Å². The molecule has 3 nitrogen and oxygen atoms in total. The summed E-state index contributed by atoms with van der Waals surface area (Å²) in [5.74, 6) is -1.05. The first-order valence-electron chi connectivity index (χ1n) is 4.17. The smallest absolute Gasteiger partial charge is 0.253 e. The van der Waals surface area contributed by atoms with E-state index in [4.69, 9.17) is 16.9 Å². The molecule has 1 rings (SSSR count). The molecule has 5 heteroatoms. The molecular weight excluding hydrogens is 219 g/mol. The Balaban J connectivity index is 3.00. The first-order chi connectivity index (χ1) is 7.06. The Labute approximate surface area is 91.5 Å². The zero-order valence-corrected chi connectivity index (χ0v) is 8.73. The lowest BCUT2D eigenvalue weighted by Crippen LogP contribution is -2.24. The topological polar surface area (TPSA) is 52.9 Å². The van der Waals surface area contributed by atoms with E-state index in [-0.39, 0.29) is 17.1 Å². The molecule has 1 aromatic rings. The fourth-order valence-electron chi connectivity index (χ4n) is 1.04. The summed E-state index contributed by atoms with van der Waals surface area (Å²) >= 11 is 5.76. The number of hydrogen-bond donors (Lipinski definition) is 1. The minimum atomic E-state index is -0.555. The van der Waals surface area contributed by atoms with Crippen molar-refractivity contribution in [3.63, 3.8) is 0 Å². The Morgan fingerprint density at radius 1 is 1.67 bits per heavy atom. The second-order valence-corrected chi connectivity index (χ2v) is 3.33. The van der Waals surface area contributed by atoms with E-state index in [1.165, 1.54) is 6.07 Å². The SMILES string of the molecule is Cc1cc(Cl)c(C(=O)NCC#N)cc1F. The van der Waals surface area contributed by atoms with Gasteiger partial charge in [0, 0.05) is 0 Å². The van der Waals surface area contributed by atoms with Crippen LogP contribution in [0.1, 0.15) is 15.9 Å². The van der Waals surface area contributed by atoms with Crippen molar-refractivity contribution in [2.24, 2.45) is 0 Å². The molecule has 0 unspecified atom stereocenters. The maximum Gasteiger partial charge on any atom is 0.253 e. The van der Waals surface area contributed by atoms with Crippen LogP contribution in [0.2, 0.25) is 5.02 Å². The molecule has 0 spiro atoms. The van der Waals surface area contributed by atoms with Crippen LogP contribution < -0.4 is 5.32 Å². The van der Waals surface area contributed by atoms with Crippen molar-refractivity contribution < 1.29 is 9.18 Å². The molecule has 0 radical (unpaired) electrons. The van der Waals surface area contributed by atoms with Gasteiger partial charge in [0.25, 0.3) is 5.91 Å². The molecule has 15 heavy (non-hydrogen) atoms. The Bertz CT molecular complexity index is 440. The van der Waals surface area contributed by atoms with Crippen molar-refractivity contribution >= 4 is 17.5 Å². The molecule has 0 aromatic heterocycles. The average Bonchev–Trinajstić information content (AvgIpc) is 2.20. The molecule has 0 aliphatic heterocycles. The van der Waals surface area contributed by atoms with E-state index in [0.717, 1.165) is 6.07 Å². The molecule has 0 saturated carbocycles. The Morgan fingerprint density at radius 3 is 2.93 bits per heavy atom. The summed E-state index contributed by atoms with van der Waals surface area (Å²) in [6, 6.07) is 4.18. The highest BCUT2D eigenvalue weighted by Gasteiger charge is 2.12. The lowest BCUT2D eigenvalue weighted by Gasteiger charge is -2.05. The summed E-state index contributed by atoms with van der Waals surface area (Å²) in [6.07, 6.45) is 0. The van der Waals surface area contributed by atoms with Gasteiger partial charge in [-0.25, -0.2) is 4.39 Å². The first kappa shape index (κ1) is 11.5. The third-order valence-corrected chi connectivity index (χ3v) is 2.13. The van der Waals surface area contributed by atoms with E-state index >= 15 is 0 Å². The second kappa shape index (κ2) is 4.76. The van der Waals surface area contributed by atoms with Crippen LogP contribution >= 0.6 is 11.6 Å². The lowest BCUT2D eigenvalue weighted by molar-refractivity contribution is 0.0958. The highest BCUT2D eigenvalue weighted by Crippen LogP contribution is 2.20. The molecular formula is C10H8ClFN2O. The zero-order chi connectivity index (χ0) is 11.4. The molecule has 0 fully saturated rings. The molecule has 1 N–H and O–H groups in total. The number of halogens is 2. The van der Waals surface area contributed by atoms with E-state index in [1.807, 2.05) is 0 Å². The van der Waals surface area contributed by atoms with Crippen LogP contribution in [0, 0.1) is 24.1 Å². The Kier molecular flexibility index (Phi) is 3.64. The zero-order valence-electron chi connectivity index (χ0n) is 7.97. The molecule has 0 aliphatic carbocycles. The number of carbonyl (C=O) groups excluding carboxylic acids is 1. The number of benzene rings is 1. The lowest BCUT2D eigenvalue weighted by atomic mass is 10.1. The van der Waals surface area contributed by atoms with Crippen molar-refractivity contribution in [3.05, 3.63) is 34.1 Å². The van der Waals surface area contributed by atoms with Crippen LogP contribution in [0.25, 0.3) is 0 Å². The molecule has 0 bridgehead atoms. The summed E-state index contributed by atoms with van der Waals surface area (Å²) in [7, 11) is 0. The van der Waals surface area contributed by atoms with Crippen LogP contribution in [-0.2, 0) is 0 Å². The van der Waals surface area contributed by atoms with Crippen molar-refractivity contribution in [2.45, 2.75) is 6.92 Å². The number of carbonyl (C=O) groups is 1. The van der Waals surface area contributed by atoms with Gasteiger partial charge in [0.1, 0.15) is 12.4 Å². The Morgan fingerprint density at radius 2 is 2.33 bits per heavy atom. The number of nitrogens with one attached hydrogen (secondary N) is 1. The third kappa shape index (κ3) is 2.67. The van der Waals surface area contributed by atoms with Gasteiger partial charge in [-0.15, -0.1) is 0 Å². The van der Waals surface area contributed by atoms with Gasteiger partial charge in [0.05, 0.1) is 16.7 Å². The molecule has 78 valence electrons. The van der Waals surface area contributed by atoms with Crippen LogP contribution in [0.15, 0.2) is 12.1 Å². The molecule has 1 amide bonds. The molecule has 0 aliphatic rings. The van der Waals surface area contributed by atoms with Gasteiger partial charge in [-0.2, -0.15) is 5.26 Å². The van der Waals surface area contributed by atoms with Crippen molar-refractivity contribution in [1.82, 2.24) is 5.32 Å².